The maximum absolute atomic E-state index is 12.9. The first-order valence-electron chi connectivity index (χ1n) is 11.2. The quantitative estimate of drug-likeness (QED) is 0.355. The zero-order chi connectivity index (χ0) is 24.8. The van der Waals surface area contributed by atoms with Crippen LogP contribution in [-0.4, -0.2) is 62.6 Å². The standard InChI is InChI=1S/C26H27N3O6/c1-3-7-19-14-18(15-21-25(31)27-29(26(21)32)20-8-5-4-6-9-20)16-22(33-2)24(19)35-17-23(30)28-10-12-34-13-11-28/h3-6,8-9,14-16H,1,7,10-13,17H2,2H3,(H,27,31). The van der Waals surface area contributed by atoms with Gasteiger partial charge in [0.2, 0.25) is 0 Å². The number of hydrogen-bond acceptors (Lipinski definition) is 6. The Hall–Kier alpha value is -4.11. The second-order valence-corrected chi connectivity index (χ2v) is 7.96. The van der Waals surface area contributed by atoms with Crippen LogP contribution in [-0.2, 0) is 25.5 Å². The molecule has 4 rings (SSSR count). The maximum atomic E-state index is 12.9. The van der Waals surface area contributed by atoms with E-state index in [0.29, 0.717) is 61.0 Å². The van der Waals surface area contributed by atoms with E-state index in [1.54, 1.807) is 47.4 Å². The van der Waals surface area contributed by atoms with Gasteiger partial charge in [-0.15, -0.1) is 6.58 Å². The van der Waals surface area contributed by atoms with Gasteiger partial charge in [-0.05, 0) is 42.3 Å². The van der Waals surface area contributed by atoms with Crippen LogP contribution in [0, 0.1) is 0 Å². The number of benzene rings is 2. The molecule has 0 aliphatic carbocycles. The van der Waals surface area contributed by atoms with Crippen LogP contribution < -0.4 is 19.9 Å². The fourth-order valence-corrected chi connectivity index (χ4v) is 3.91. The summed E-state index contributed by atoms with van der Waals surface area (Å²) in [6.07, 6.45) is 3.65. The van der Waals surface area contributed by atoms with Gasteiger partial charge in [-0.2, -0.15) is 0 Å². The van der Waals surface area contributed by atoms with E-state index in [1.165, 1.54) is 18.2 Å². The van der Waals surface area contributed by atoms with Crippen molar-refractivity contribution in [3.8, 4) is 11.5 Å². The Kier molecular flexibility index (Phi) is 7.47. The second-order valence-electron chi connectivity index (χ2n) is 7.96. The molecule has 2 aromatic carbocycles. The molecule has 2 saturated heterocycles. The third kappa shape index (κ3) is 5.36. The Morgan fingerprint density at radius 3 is 2.60 bits per heavy atom. The largest absolute Gasteiger partial charge is 0.493 e. The number of morpholine rings is 1. The Balaban J connectivity index is 1.59. The van der Waals surface area contributed by atoms with Gasteiger partial charge in [0.05, 0.1) is 26.0 Å². The lowest BCUT2D eigenvalue weighted by molar-refractivity contribution is -0.137. The topological polar surface area (TPSA) is 97.4 Å². The van der Waals surface area contributed by atoms with Crippen molar-refractivity contribution in [2.24, 2.45) is 0 Å². The Morgan fingerprint density at radius 1 is 1.17 bits per heavy atom. The average molecular weight is 478 g/mol. The predicted molar refractivity (Wildman–Crippen MR) is 130 cm³/mol. The van der Waals surface area contributed by atoms with Gasteiger partial charge >= 0.3 is 0 Å². The summed E-state index contributed by atoms with van der Waals surface area (Å²) >= 11 is 0. The highest BCUT2D eigenvalue weighted by molar-refractivity contribution is 6.31. The van der Waals surface area contributed by atoms with E-state index in [0.717, 1.165) is 0 Å². The van der Waals surface area contributed by atoms with Crippen LogP contribution in [0.1, 0.15) is 11.1 Å². The molecule has 3 amide bonds. The molecule has 9 nitrogen and oxygen atoms in total. The number of hydrazine groups is 1. The molecule has 0 saturated carbocycles. The van der Waals surface area contributed by atoms with Crippen LogP contribution in [0.4, 0.5) is 5.69 Å². The number of anilines is 1. The smallest absolute Gasteiger partial charge is 0.282 e. The van der Waals surface area contributed by atoms with Gasteiger partial charge in [0.1, 0.15) is 5.57 Å². The summed E-state index contributed by atoms with van der Waals surface area (Å²) in [7, 11) is 1.49. The number of nitrogens with one attached hydrogen (secondary N) is 1. The number of ether oxygens (including phenoxy) is 3. The number of nitrogens with zero attached hydrogens (tertiary/aromatic N) is 2. The summed E-state index contributed by atoms with van der Waals surface area (Å²) in [5, 5.41) is 1.21. The number of carbonyl (C=O) groups excluding carboxylic acids is 3. The highest BCUT2D eigenvalue weighted by Crippen LogP contribution is 2.35. The zero-order valence-electron chi connectivity index (χ0n) is 19.5. The van der Waals surface area contributed by atoms with Crippen LogP contribution in [0.25, 0.3) is 6.08 Å². The first kappa shape index (κ1) is 24.0. The van der Waals surface area contributed by atoms with Crippen LogP contribution in [0.2, 0.25) is 0 Å². The van der Waals surface area contributed by atoms with Gasteiger partial charge < -0.3 is 19.1 Å². The number of para-hydroxylation sites is 1. The molecule has 1 N–H and O–H groups in total. The number of allylic oxidation sites excluding steroid dienone is 1. The Morgan fingerprint density at radius 2 is 1.91 bits per heavy atom. The van der Waals surface area contributed by atoms with Gasteiger partial charge in [0.15, 0.2) is 18.1 Å². The lowest BCUT2D eigenvalue weighted by atomic mass is 10.0. The molecule has 0 unspecified atom stereocenters. The first-order valence-corrected chi connectivity index (χ1v) is 11.2. The molecule has 0 atom stereocenters. The monoisotopic (exact) mass is 477 g/mol. The molecule has 2 fully saturated rings. The van der Waals surface area contributed by atoms with Crippen LogP contribution >= 0.6 is 0 Å². The Labute approximate surface area is 203 Å². The van der Waals surface area contributed by atoms with Crippen molar-refractivity contribution in [1.29, 1.82) is 0 Å². The molecular formula is C26H27N3O6. The minimum absolute atomic E-state index is 0.00313. The summed E-state index contributed by atoms with van der Waals surface area (Å²) in [5.41, 5.74) is 4.44. The van der Waals surface area contributed by atoms with Crippen LogP contribution in [0.3, 0.4) is 0 Å². The minimum atomic E-state index is -0.500. The third-order valence-electron chi connectivity index (χ3n) is 5.66. The Bertz CT molecular complexity index is 1160. The second kappa shape index (κ2) is 10.9. The number of methoxy groups -OCH3 is 1. The minimum Gasteiger partial charge on any atom is -0.493 e. The number of hydrogen-bond donors (Lipinski definition) is 1. The van der Waals surface area contributed by atoms with Gasteiger partial charge in [-0.25, -0.2) is 5.01 Å². The van der Waals surface area contributed by atoms with Crippen molar-refractivity contribution in [2.45, 2.75) is 6.42 Å². The van der Waals surface area contributed by atoms with Crippen molar-refractivity contribution in [2.75, 3.05) is 45.0 Å². The number of rotatable bonds is 8. The molecule has 35 heavy (non-hydrogen) atoms. The molecule has 2 aliphatic heterocycles. The highest BCUT2D eigenvalue weighted by atomic mass is 16.5. The fraction of sp³-hybridized carbons (Fsp3) is 0.269. The molecule has 2 aromatic rings. The molecular weight excluding hydrogens is 450 g/mol. The van der Waals surface area contributed by atoms with Gasteiger partial charge in [-0.1, -0.05) is 24.3 Å². The molecule has 0 radical (unpaired) electrons. The molecule has 2 aliphatic rings. The van der Waals surface area contributed by atoms with E-state index >= 15 is 0 Å². The van der Waals surface area contributed by atoms with E-state index in [4.69, 9.17) is 14.2 Å². The maximum Gasteiger partial charge on any atom is 0.282 e. The van der Waals surface area contributed by atoms with Gasteiger partial charge in [0.25, 0.3) is 17.7 Å². The lowest BCUT2D eigenvalue weighted by Gasteiger charge is -2.27. The third-order valence-corrected chi connectivity index (χ3v) is 5.66. The summed E-state index contributed by atoms with van der Waals surface area (Å²) in [5.74, 6) is -0.289. The van der Waals surface area contributed by atoms with E-state index in [-0.39, 0.29) is 18.1 Å². The predicted octanol–water partition coefficient (Wildman–Crippen LogP) is 2.12. The highest BCUT2D eigenvalue weighted by Gasteiger charge is 2.34. The molecule has 9 heteroatoms. The fourth-order valence-electron chi connectivity index (χ4n) is 3.91. The molecule has 0 bridgehead atoms. The van der Waals surface area contributed by atoms with Crippen molar-refractivity contribution in [1.82, 2.24) is 10.3 Å². The zero-order valence-corrected chi connectivity index (χ0v) is 19.5. The lowest BCUT2D eigenvalue weighted by Crippen LogP contribution is -2.43. The number of amides is 3. The molecule has 0 aromatic heterocycles. The normalized spacial score (nSPS) is 16.9. The SMILES string of the molecule is C=CCc1cc(C=C2C(=O)NN(c3ccccc3)C2=O)cc(OC)c1OCC(=O)N1CCOCC1. The van der Waals surface area contributed by atoms with Crippen molar-refractivity contribution < 1.29 is 28.6 Å². The van der Waals surface area contributed by atoms with Crippen molar-refractivity contribution >= 4 is 29.5 Å². The van der Waals surface area contributed by atoms with E-state index < -0.39 is 11.8 Å². The summed E-state index contributed by atoms with van der Waals surface area (Å²) in [4.78, 5) is 39.7. The molecule has 0 spiro atoms. The van der Waals surface area contributed by atoms with E-state index in [1.807, 2.05) is 6.07 Å². The van der Waals surface area contributed by atoms with Crippen molar-refractivity contribution in [3.63, 3.8) is 0 Å². The summed E-state index contributed by atoms with van der Waals surface area (Å²) in [6, 6.07) is 12.3. The van der Waals surface area contributed by atoms with Crippen LogP contribution in [0.15, 0.2) is 60.7 Å². The van der Waals surface area contributed by atoms with Crippen molar-refractivity contribution in [3.05, 3.63) is 71.8 Å². The van der Waals surface area contributed by atoms with Gasteiger partial charge in [0, 0.05) is 18.7 Å². The van der Waals surface area contributed by atoms with E-state index in [2.05, 4.69) is 12.0 Å². The molecule has 182 valence electrons. The summed E-state index contributed by atoms with van der Waals surface area (Å²) < 4.78 is 16.7. The molecule has 2 heterocycles. The average Bonchev–Trinajstić information content (AvgIpc) is 3.17. The first-order chi connectivity index (χ1) is 17.0. The van der Waals surface area contributed by atoms with E-state index in [9.17, 15) is 14.4 Å². The van der Waals surface area contributed by atoms with Crippen LogP contribution in [0.5, 0.6) is 11.5 Å². The number of carbonyl (C=O) groups is 3. The summed E-state index contributed by atoms with van der Waals surface area (Å²) in [6.45, 7) is 5.73. The van der Waals surface area contributed by atoms with Gasteiger partial charge in [-0.3, -0.25) is 19.8 Å².